The Hall–Kier alpha value is -0.850. The first kappa shape index (κ1) is 14.6. The molecule has 0 bridgehead atoms. The second-order valence-electron chi connectivity index (χ2n) is 3.74. The molecule has 0 aliphatic heterocycles. The number of nitrogen functional groups attached to an aromatic ring is 1. The Morgan fingerprint density at radius 1 is 1.37 bits per heavy atom. The minimum atomic E-state index is -0.373. The maximum Gasteiger partial charge on any atom is 0.350 e. The van der Waals surface area contributed by atoms with E-state index >= 15 is 0 Å². The van der Waals surface area contributed by atoms with Crippen LogP contribution in [0.3, 0.4) is 0 Å². The molecule has 1 aromatic heterocycles. The average molecular weight is 405 g/mol. The average Bonchev–Trinajstić information content (AvgIpc) is 2.74. The van der Waals surface area contributed by atoms with Crippen LogP contribution in [0.2, 0.25) is 0 Å². The number of ether oxygens (including phenoxy) is 1. The molecule has 0 aliphatic rings. The highest BCUT2D eigenvalue weighted by atomic mass is 79.9. The molecular formula is C13H11Br2NO2S. The third-order valence-corrected chi connectivity index (χ3v) is 4.76. The molecule has 0 radical (unpaired) electrons. The van der Waals surface area contributed by atoms with Crippen LogP contribution in [0.1, 0.15) is 16.6 Å². The number of hydrogen-bond acceptors (Lipinski definition) is 4. The Morgan fingerprint density at radius 2 is 2.11 bits per heavy atom. The summed E-state index contributed by atoms with van der Waals surface area (Å²) in [4.78, 5) is 13.1. The van der Waals surface area contributed by atoms with Crippen molar-refractivity contribution in [2.75, 3.05) is 12.3 Å². The van der Waals surface area contributed by atoms with Crippen LogP contribution in [0.4, 0.5) is 5.69 Å². The van der Waals surface area contributed by atoms with Crippen LogP contribution in [-0.2, 0) is 4.74 Å². The fraction of sp³-hybridized carbons (Fsp3) is 0.154. The molecule has 6 heteroatoms. The van der Waals surface area contributed by atoms with Gasteiger partial charge in [-0.2, -0.15) is 0 Å². The molecule has 2 N–H and O–H groups in total. The van der Waals surface area contributed by atoms with Crippen molar-refractivity contribution < 1.29 is 9.53 Å². The van der Waals surface area contributed by atoms with Crippen molar-refractivity contribution in [3.63, 3.8) is 0 Å². The van der Waals surface area contributed by atoms with Crippen molar-refractivity contribution >= 4 is 54.9 Å². The summed E-state index contributed by atoms with van der Waals surface area (Å²) >= 11 is 8.26. The van der Waals surface area contributed by atoms with Crippen LogP contribution in [-0.4, -0.2) is 12.6 Å². The van der Waals surface area contributed by atoms with Gasteiger partial charge in [0.25, 0.3) is 0 Å². The third kappa shape index (κ3) is 3.19. The number of nitrogens with two attached hydrogens (primary N) is 1. The van der Waals surface area contributed by atoms with Crippen molar-refractivity contribution in [1.29, 1.82) is 0 Å². The molecule has 0 spiro atoms. The highest BCUT2D eigenvalue weighted by molar-refractivity contribution is 9.11. The minimum Gasteiger partial charge on any atom is -0.462 e. The molecule has 2 aromatic rings. The number of hydrogen-bond donors (Lipinski definition) is 1. The number of thiophene rings is 1. The Morgan fingerprint density at radius 3 is 2.79 bits per heavy atom. The van der Waals surface area contributed by atoms with Gasteiger partial charge in [0.15, 0.2) is 0 Å². The van der Waals surface area contributed by atoms with Gasteiger partial charge in [-0.05, 0) is 31.2 Å². The van der Waals surface area contributed by atoms with Gasteiger partial charge in [-0.1, -0.05) is 31.9 Å². The first-order valence-corrected chi connectivity index (χ1v) is 7.95. The molecule has 19 heavy (non-hydrogen) atoms. The lowest BCUT2D eigenvalue weighted by atomic mass is 10.2. The second kappa shape index (κ2) is 6.07. The Labute approximate surface area is 132 Å². The van der Waals surface area contributed by atoms with E-state index in [2.05, 4.69) is 31.9 Å². The number of rotatable bonds is 3. The molecule has 2 rings (SSSR count). The van der Waals surface area contributed by atoms with E-state index in [9.17, 15) is 4.79 Å². The van der Waals surface area contributed by atoms with Gasteiger partial charge in [-0.25, -0.2) is 4.79 Å². The number of esters is 1. The van der Waals surface area contributed by atoms with Gasteiger partial charge >= 0.3 is 5.97 Å². The zero-order valence-corrected chi connectivity index (χ0v) is 14.1. The first-order chi connectivity index (χ1) is 9.02. The highest BCUT2D eigenvalue weighted by Crippen LogP contribution is 2.38. The fourth-order valence-corrected chi connectivity index (χ4v) is 3.54. The van der Waals surface area contributed by atoms with Crippen LogP contribution in [0.15, 0.2) is 33.2 Å². The van der Waals surface area contributed by atoms with Crippen LogP contribution in [0.25, 0.3) is 10.4 Å². The van der Waals surface area contributed by atoms with Gasteiger partial charge in [-0.15, -0.1) is 11.3 Å². The quantitative estimate of drug-likeness (QED) is 0.754. The summed E-state index contributed by atoms with van der Waals surface area (Å²) in [5.41, 5.74) is 7.32. The molecule has 0 fully saturated rings. The van der Waals surface area contributed by atoms with Gasteiger partial charge in [0.05, 0.1) is 12.3 Å². The number of benzene rings is 1. The normalized spacial score (nSPS) is 10.5. The van der Waals surface area contributed by atoms with E-state index in [0.29, 0.717) is 17.2 Å². The maximum atomic E-state index is 11.7. The minimum absolute atomic E-state index is 0.339. The summed E-state index contributed by atoms with van der Waals surface area (Å²) in [6.07, 6.45) is 0. The summed E-state index contributed by atoms with van der Waals surface area (Å²) < 4.78 is 6.90. The van der Waals surface area contributed by atoms with Crippen molar-refractivity contribution in [3.05, 3.63) is 38.1 Å². The standard InChI is InChI=1S/C13H11Br2NO2S/c1-2-18-13(17)12-10(16)6-11(19-12)8-5-7(14)3-4-9(8)15/h3-6H,2,16H2,1H3. The van der Waals surface area contributed by atoms with E-state index in [0.717, 1.165) is 19.4 Å². The smallest absolute Gasteiger partial charge is 0.350 e. The third-order valence-electron chi connectivity index (χ3n) is 2.42. The highest BCUT2D eigenvalue weighted by Gasteiger charge is 2.17. The van der Waals surface area contributed by atoms with Crippen molar-refractivity contribution in [3.8, 4) is 10.4 Å². The van der Waals surface area contributed by atoms with Gasteiger partial charge in [0.2, 0.25) is 0 Å². The van der Waals surface area contributed by atoms with Crippen LogP contribution in [0, 0.1) is 0 Å². The van der Waals surface area contributed by atoms with Crippen LogP contribution in [0.5, 0.6) is 0 Å². The molecule has 1 aromatic carbocycles. The first-order valence-electron chi connectivity index (χ1n) is 5.54. The fourth-order valence-electron chi connectivity index (χ4n) is 1.58. The molecule has 1 heterocycles. The van der Waals surface area contributed by atoms with Crippen LogP contribution < -0.4 is 5.73 Å². The predicted molar refractivity (Wildman–Crippen MR) is 85.5 cm³/mol. The molecular weight excluding hydrogens is 394 g/mol. The number of halogens is 2. The van der Waals surface area contributed by atoms with Gasteiger partial charge in [0.1, 0.15) is 4.88 Å². The van der Waals surface area contributed by atoms with E-state index < -0.39 is 0 Å². The molecule has 0 saturated carbocycles. The van der Waals surface area contributed by atoms with Crippen molar-refractivity contribution in [2.45, 2.75) is 6.92 Å². The Balaban J connectivity index is 2.44. The molecule has 100 valence electrons. The summed E-state index contributed by atoms with van der Waals surface area (Å²) in [6, 6.07) is 7.66. The lowest BCUT2D eigenvalue weighted by molar-refractivity contribution is 0.0533. The predicted octanol–water partition coefficient (Wildman–Crippen LogP) is 4.70. The zero-order chi connectivity index (χ0) is 14.0. The van der Waals surface area contributed by atoms with E-state index in [1.165, 1.54) is 11.3 Å². The SMILES string of the molecule is CCOC(=O)c1sc(-c2cc(Br)ccc2Br)cc1N. The molecule has 3 nitrogen and oxygen atoms in total. The molecule has 0 unspecified atom stereocenters. The van der Waals surface area contributed by atoms with Crippen molar-refractivity contribution in [2.24, 2.45) is 0 Å². The van der Waals surface area contributed by atoms with Gasteiger partial charge in [-0.3, -0.25) is 0 Å². The van der Waals surface area contributed by atoms with E-state index in [4.69, 9.17) is 10.5 Å². The molecule has 0 saturated heterocycles. The molecule has 0 amide bonds. The van der Waals surface area contributed by atoms with E-state index in [1.807, 2.05) is 18.2 Å². The number of carbonyl (C=O) groups is 1. The lowest BCUT2D eigenvalue weighted by Crippen LogP contribution is -2.04. The number of anilines is 1. The van der Waals surface area contributed by atoms with Gasteiger partial charge in [0, 0.05) is 19.4 Å². The van der Waals surface area contributed by atoms with Crippen molar-refractivity contribution in [1.82, 2.24) is 0 Å². The lowest BCUT2D eigenvalue weighted by Gasteiger charge is -2.02. The Kier molecular flexibility index (Phi) is 4.65. The van der Waals surface area contributed by atoms with Crippen LogP contribution >= 0.6 is 43.2 Å². The van der Waals surface area contributed by atoms with E-state index in [1.54, 1.807) is 13.0 Å². The van der Waals surface area contributed by atoms with E-state index in [-0.39, 0.29) is 5.97 Å². The molecule has 0 aliphatic carbocycles. The topological polar surface area (TPSA) is 52.3 Å². The summed E-state index contributed by atoms with van der Waals surface area (Å²) in [5, 5.41) is 0. The summed E-state index contributed by atoms with van der Waals surface area (Å²) in [6.45, 7) is 2.11. The maximum absolute atomic E-state index is 11.7. The zero-order valence-electron chi connectivity index (χ0n) is 10.1. The number of carbonyl (C=O) groups excluding carboxylic acids is 1. The van der Waals surface area contributed by atoms with Gasteiger partial charge < -0.3 is 10.5 Å². The summed E-state index contributed by atoms with van der Waals surface area (Å²) in [7, 11) is 0. The summed E-state index contributed by atoms with van der Waals surface area (Å²) in [5.74, 6) is -0.373. The monoisotopic (exact) mass is 403 g/mol. The second-order valence-corrected chi connectivity index (χ2v) is 6.56. The largest absolute Gasteiger partial charge is 0.462 e. The Bertz CT molecular complexity index is 625. The molecule has 0 atom stereocenters.